The van der Waals surface area contributed by atoms with Gasteiger partial charge in [0.2, 0.25) is 0 Å². The molecule has 0 aliphatic rings. The largest absolute Gasteiger partial charge is 0.278 e. The zero-order valence-electron chi connectivity index (χ0n) is 10.1. The Kier molecular flexibility index (Phi) is 3.72. The Labute approximate surface area is 106 Å². The molecule has 1 N–H and O–H groups in total. The smallest absolute Gasteiger partial charge is 0.0991 e. The van der Waals surface area contributed by atoms with Crippen molar-refractivity contribution in [3.05, 3.63) is 65.2 Å². The van der Waals surface area contributed by atoms with Crippen molar-refractivity contribution in [2.45, 2.75) is 6.92 Å². The van der Waals surface area contributed by atoms with Crippen LogP contribution >= 0.6 is 0 Å². The minimum absolute atomic E-state index is 0.652. The van der Waals surface area contributed by atoms with E-state index in [1.165, 1.54) is 5.56 Å². The van der Waals surface area contributed by atoms with E-state index in [-0.39, 0.29) is 0 Å². The molecule has 3 heteroatoms. The summed E-state index contributed by atoms with van der Waals surface area (Å²) in [4.78, 5) is 0. The standard InChI is InChI=1S/C15H13N3/c1-12-3-2-4-15(9-12)18-17-11-14-7-5-13(10-16)6-8-14/h2-9,11,18H,1H3. The van der Waals surface area contributed by atoms with Crippen LogP contribution in [0, 0.1) is 18.3 Å². The molecule has 0 bridgehead atoms. The van der Waals surface area contributed by atoms with Crippen molar-refractivity contribution in [2.24, 2.45) is 5.10 Å². The summed E-state index contributed by atoms with van der Waals surface area (Å²) in [6, 6.07) is 17.4. The summed E-state index contributed by atoms with van der Waals surface area (Å²) in [5.41, 5.74) is 6.72. The fourth-order valence-electron chi connectivity index (χ4n) is 1.54. The van der Waals surface area contributed by atoms with Crippen LogP contribution in [0.4, 0.5) is 5.69 Å². The zero-order valence-corrected chi connectivity index (χ0v) is 10.1. The average molecular weight is 235 g/mol. The molecular formula is C15H13N3. The molecule has 2 rings (SSSR count). The first-order valence-electron chi connectivity index (χ1n) is 5.64. The highest BCUT2D eigenvalue weighted by molar-refractivity contribution is 5.80. The topological polar surface area (TPSA) is 48.2 Å². The molecule has 0 atom stereocenters. The third-order valence-electron chi connectivity index (χ3n) is 2.47. The number of benzene rings is 2. The second kappa shape index (κ2) is 5.65. The fraction of sp³-hybridized carbons (Fsp3) is 0.0667. The molecule has 2 aromatic carbocycles. The minimum atomic E-state index is 0.652. The van der Waals surface area contributed by atoms with E-state index in [1.807, 2.05) is 43.3 Å². The number of nitrogens with zero attached hydrogens (tertiary/aromatic N) is 2. The van der Waals surface area contributed by atoms with Gasteiger partial charge in [0.25, 0.3) is 0 Å². The van der Waals surface area contributed by atoms with Crippen LogP contribution in [0.3, 0.4) is 0 Å². The van der Waals surface area contributed by atoms with Crippen molar-refractivity contribution in [3.8, 4) is 6.07 Å². The van der Waals surface area contributed by atoms with Gasteiger partial charge in [-0.1, -0.05) is 24.3 Å². The maximum Gasteiger partial charge on any atom is 0.0991 e. The maximum absolute atomic E-state index is 8.68. The molecule has 0 aliphatic heterocycles. The van der Waals surface area contributed by atoms with E-state index >= 15 is 0 Å². The van der Waals surface area contributed by atoms with Gasteiger partial charge in [-0.25, -0.2) is 0 Å². The van der Waals surface area contributed by atoms with Crippen molar-refractivity contribution in [1.29, 1.82) is 5.26 Å². The molecule has 0 aromatic heterocycles. The molecule has 3 nitrogen and oxygen atoms in total. The normalized spacial score (nSPS) is 10.2. The molecule has 0 heterocycles. The Bertz CT molecular complexity index is 592. The van der Waals surface area contributed by atoms with Crippen LogP contribution in [0.15, 0.2) is 53.6 Å². The molecule has 0 aliphatic carbocycles. The molecule has 0 amide bonds. The Hall–Kier alpha value is -2.60. The van der Waals surface area contributed by atoms with E-state index in [2.05, 4.69) is 16.6 Å². The number of aryl methyl sites for hydroxylation is 1. The predicted octanol–water partition coefficient (Wildman–Crippen LogP) is 3.31. The van der Waals surface area contributed by atoms with Crippen LogP contribution in [-0.4, -0.2) is 6.21 Å². The Morgan fingerprint density at radius 1 is 1.17 bits per heavy atom. The fourth-order valence-corrected chi connectivity index (χ4v) is 1.54. The monoisotopic (exact) mass is 235 g/mol. The first-order chi connectivity index (χ1) is 8.78. The lowest BCUT2D eigenvalue weighted by Gasteiger charge is -2.00. The van der Waals surface area contributed by atoms with Gasteiger partial charge in [-0.2, -0.15) is 10.4 Å². The van der Waals surface area contributed by atoms with Gasteiger partial charge in [0.05, 0.1) is 23.5 Å². The van der Waals surface area contributed by atoms with Crippen LogP contribution in [0.5, 0.6) is 0 Å². The molecule has 0 unspecified atom stereocenters. The Morgan fingerprint density at radius 3 is 2.61 bits per heavy atom. The van der Waals surface area contributed by atoms with Gasteiger partial charge in [-0.15, -0.1) is 0 Å². The third kappa shape index (κ3) is 3.19. The number of nitrogens with one attached hydrogen (secondary N) is 1. The summed E-state index contributed by atoms with van der Waals surface area (Å²) in [5, 5.41) is 12.8. The van der Waals surface area contributed by atoms with Gasteiger partial charge >= 0.3 is 0 Å². The summed E-state index contributed by atoms with van der Waals surface area (Å²) < 4.78 is 0. The molecule has 0 saturated carbocycles. The molecule has 0 radical (unpaired) electrons. The molecule has 88 valence electrons. The van der Waals surface area contributed by atoms with E-state index in [9.17, 15) is 0 Å². The van der Waals surface area contributed by atoms with Crippen LogP contribution in [0.25, 0.3) is 0 Å². The first kappa shape index (κ1) is 11.9. The second-order valence-electron chi connectivity index (χ2n) is 3.97. The number of rotatable bonds is 3. The summed E-state index contributed by atoms with van der Waals surface area (Å²) >= 11 is 0. The third-order valence-corrected chi connectivity index (χ3v) is 2.47. The number of anilines is 1. The molecular weight excluding hydrogens is 222 g/mol. The Morgan fingerprint density at radius 2 is 1.94 bits per heavy atom. The lowest BCUT2D eigenvalue weighted by atomic mass is 10.2. The molecule has 2 aromatic rings. The summed E-state index contributed by atoms with van der Waals surface area (Å²) in [5.74, 6) is 0. The lowest BCUT2D eigenvalue weighted by Crippen LogP contribution is -1.90. The van der Waals surface area contributed by atoms with Crippen molar-refractivity contribution >= 4 is 11.9 Å². The van der Waals surface area contributed by atoms with Gasteiger partial charge in [0, 0.05) is 0 Å². The number of hydrogen-bond donors (Lipinski definition) is 1. The highest BCUT2D eigenvalue weighted by Gasteiger charge is 1.91. The second-order valence-corrected chi connectivity index (χ2v) is 3.97. The van der Waals surface area contributed by atoms with Crippen molar-refractivity contribution < 1.29 is 0 Å². The predicted molar refractivity (Wildman–Crippen MR) is 73.6 cm³/mol. The van der Waals surface area contributed by atoms with Gasteiger partial charge in [-0.3, -0.25) is 5.43 Å². The SMILES string of the molecule is Cc1cccc(NN=Cc2ccc(C#N)cc2)c1. The molecule has 18 heavy (non-hydrogen) atoms. The molecule has 0 spiro atoms. The summed E-state index contributed by atoms with van der Waals surface area (Å²) in [6.45, 7) is 2.04. The average Bonchev–Trinajstić information content (AvgIpc) is 2.40. The van der Waals surface area contributed by atoms with Crippen LogP contribution in [-0.2, 0) is 0 Å². The van der Waals surface area contributed by atoms with Crippen LogP contribution in [0.1, 0.15) is 16.7 Å². The van der Waals surface area contributed by atoms with Crippen LogP contribution in [0.2, 0.25) is 0 Å². The van der Waals surface area contributed by atoms with E-state index in [0.717, 1.165) is 11.3 Å². The summed E-state index contributed by atoms with van der Waals surface area (Å²) in [7, 11) is 0. The lowest BCUT2D eigenvalue weighted by molar-refractivity contribution is 1.33. The number of hydrazone groups is 1. The van der Waals surface area contributed by atoms with Crippen molar-refractivity contribution in [3.63, 3.8) is 0 Å². The summed E-state index contributed by atoms with van der Waals surface area (Å²) in [6.07, 6.45) is 1.73. The Balaban J connectivity index is 2.01. The zero-order chi connectivity index (χ0) is 12.8. The van der Waals surface area contributed by atoms with E-state index < -0.39 is 0 Å². The number of hydrogen-bond acceptors (Lipinski definition) is 3. The van der Waals surface area contributed by atoms with Crippen molar-refractivity contribution in [2.75, 3.05) is 5.43 Å². The molecule has 0 fully saturated rings. The quantitative estimate of drug-likeness (QED) is 0.655. The highest BCUT2D eigenvalue weighted by atomic mass is 15.3. The van der Waals surface area contributed by atoms with Gasteiger partial charge < -0.3 is 0 Å². The van der Waals surface area contributed by atoms with E-state index in [1.54, 1.807) is 18.3 Å². The number of nitriles is 1. The highest BCUT2D eigenvalue weighted by Crippen LogP contribution is 2.09. The van der Waals surface area contributed by atoms with Crippen molar-refractivity contribution in [1.82, 2.24) is 0 Å². The minimum Gasteiger partial charge on any atom is -0.278 e. The molecule has 0 saturated heterocycles. The van der Waals surface area contributed by atoms with E-state index in [4.69, 9.17) is 5.26 Å². The maximum atomic E-state index is 8.68. The van der Waals surface area contributed by atoms with Gasteiger partial charge in [-0.05, 0) is 42.3 Å². The van der Waals surface area contributed by atoms with Gasteiger partial charge in [0.1, 0.15) is 0 Å². The first-order valence-corrected chi connectivity index (χ1v) is 5.64. The van der Waals surface area contributed by atoms with Gasteiger partial charge in [0.15, 0.2) is 0 Å². The van der Waals surface area contributed by atoms with Crippen LogP contribution < -0.4 is 5.43 Å². The van der Waals surface area contributed by atoms with E-state index in [0.29, 0.717) is 5.56 Å².